The summed E-state index contributed by atoms with van der Waals surface area (Å²) in [6.07, 6.45) is 4.63. The second-order valence-electron chi connectivity index (χ2n) is 3.81. The Kier molecular flexibility index (Phi) is 6.35. The summed E-state index contributed by atoms with van der Waals surface area (Å²) in [5, 5.41) is 12.0. The number of unbranched alkanes of at least 4 members (excludes halogenated alkanes) is 2. The van der Waals surface area contributed by atoms with Crippen molar-refractivity contribution in [2.45, 2.75) is 25.8 Å². The van der Waals surface area contributed by atoms with Crippen LogP contribution in [-0.4, -0.2) is 31.3 Å². The van der Waals surface area contributed by atoms with Crippen molar-refractivity contribution < 1.29 is 19.1 Å². The van der Waals surface area contributed by atoms with Gasteiger partial charge in [-0.25, -0.2) is 4.79 Å². The highest BCUT2D eigenvalue weighted by atomic mass is 16.5. The Morgan fingerprint density at radius 3 is 3.00 bits per heavy atom. The van der Waals surface area contributed by atoms with Gasteiger partial charge in [0.05, 0.1) is 6.26 Å². The quantitative estimate of drug-likeness (QED) is 0.646. The number of ether oxygens (including phenoxy) is 1. The molecule has 1 aromatic rings. The maximum absolute atomic E-state index is 10.8. The summed E-state index contributed by atoms with van der Waals surface area (Å²) in [5.41, 5.74) is 0.689. The normalized spacial score (nSPS) is 10.6. The minimum atomic E-state index is -1.02. The molecule has 0 saturated heterocycles. The fourth-order valence-corrected chi connectivity index (χ4v) is 1.56. The molecule has 0 spiro atoms. The summed E-state index contributed by atoms with van der Waals surface area (Å²) in [5.74, 6) is -0.997. The Morgan fingerprint density at radius 1 is 1.47 bits per heavy atom. The van der Waals surface area contributed by atoms with Crippen molar-refractivity contribution in [1.29, 1.82) is 0 Å². The van der Waals surface area contributed by atoms with Gasteiger partial charge in [0.2, 0.25) is 5.76 Å². The third-order valence-corrected chi connectivity index (χ3v) is 2.46. The minimum Gasteiger partial charge on any atom is -0.475 e. The van der Waals surface area contributed by atoms with Crippen molar-refractivity contribution in [2.24, 2.45) is 0 Å². The van der Waals surface area contributed by atoms with Gasteiger partial charge in [0, 0.05) is 25.8 Å². The van der Waals surface area contributed by atoms with Crippen LogP contribution in [0.25, 0.3) is 0 Å². The highest BCUT2D eigenvalue weighted by molar-refractivity contribution is 5.86. The summed E-state index contributed by atoms with van der Waals surface area (Å²) < 4.78 is 9.83. The number of aromatic carboxylic acids is 1. The van der Waals surface area contributed by atoms with E-state index in [4.69, 9.17) is 14.3 Å². The number of hydrogen-bond acceptors (Lipinski definition) is 4. The van der Waals surface area contributed by atoms with Crippen LogP contribution in [0.4, 0.5) is 0 Å². The summed E-state index contributed by atoms with van der Waals surface area (Å²) in [4.78, 5) is 10.8. The molecule has 2 N–H and O–H groups in total. The maximum atomic E-state index is 10.8. The number of rotatable bonds is 9. The predicted molar refractivity (Wildman–Crippen MR) is 63.1 cm³/mol. The van der Waals surface area contributed by atoms with Gasteiger partial charge in [0.1, 0.15) is 0 Å². The lowest BCUT2D eigenvalue weighted by Gasteiger charge is -2.03. The van der Waals surface area contributed by atoms with Crippen LogP contribution < -0.4 is 5.32 Å². The Hall–Kier alpha value is -1.33. The van der Waals surface area contributed by atoms with Crippen LogP contribution in [0.3, 0.4) is 0 Å². The van der Waals surface area contributed by atoms with Crippen molar-refractivity contribution in [1.82, 2.24) is 5.32 Å². The Balaban J connectivity index is 2.14. The lowest BCUT2D eigenvalue weighted by molar-refractivity contribution is 0.0660. The van der Waals surface area contributed by atoms with Crippen LogP contribution in [0, 0.1) is 0 Å². The molecule has 5 nitrogen and oxygen atoms in total. The first-order chi connectivity index (χ1) is 8.25. The lowest BCUT2D eigenvalue weighted by atomic mass is 10.2. The average molecular weight is 241 g/mol. The maximum Gasteiger partial charge on any atom is 0.372 e. The molecule has 0 saturated carbocycles. The molecule has 1 rings (SSSR count). The topological polar surface area (TPSA) is 71.7 Å². The smallest absolute Gasteiger partial charge is 0.372 e. The van der Waals surface area contributed by atoms with Crippen LogP contribution >= 0.6 is 0 Å². The van der Waals surface area contributed by atoms with Crippen molar-refractivity contribution in [3.8, 4) is 0 Å². The molecule has 0 aliphatic carbocycles. The summed E-state index contributed by atoms with van der Waals surface area (Å²) in [7, 11) is 1.70. The molecule has 0 aliphatic rings. The van der Waals surface area contributed by atoms with E-state index in [9.17, 15) is 4.79 Å². The number of methoxy groups -OCH3 is 1. The summed E-state index contributed by atoms with van der Waals surface area (Å²) in [6.45, 7) is 2.20. The Bertz CT molecular complexity index is 335. The van der Waals surface area contributed by atoms with Gasteiger partial charge in [-0.15, -0.1) is 0 Å². The van der Waals surface area contributed by atoms with E-state index >= 15 is 0 Å². The number of carbonyl (C=O) groups is 1. The second kappa shape index (κ2) is 7.86. The molecule has 0 atom stereocenters. The van der Waals surface area contributed by atoms with Crippen molar-refractivity contribution in [3.63, 3.8) is 0 Å². The van der Waals surface area contributed by atoms with Crippen molar-refractivity contribution in [3.05, 3.63) is 23.7 Å². The van der Waals surface area contributed by atoms with E-state index < -0.39 is 5.97 Å². The van der Waals surface area contributed by atoms with Crippen LogP contribution in [0.1, 0.15) is 35.4 Å². The van der Waals surface area contributed by atoms with Crippen molar-refractivity contribution in [2.75, 3.05) is 20.3 Å². The molecular formula is C12H19NO4. The van der Waals surface area contributed by atoms with E-state index in [0.717, 1.165) is 32.4 Å². The zero-order chi connectivity index (χ0) is 12.5. The van der Waals surface area contributed by atoms with Gasteiger partial charge in [-0.3, -0.25) is 0 Å². The number of furan rings is 1. The highest BCUT2D eigenvalue weighted by Crippen LogP contribution is 2.09. The molecule has 0 amide bonds. The Morgan fingerprint density at radius 2 is 2.29 bits per heavy atom. The van der Waals surface area contributed by atoms with Gasteiger partial charge >= 0.3 is 5.97 Å². The number of nitrogens with one attached hydrogen (secondary N) is 1. The fourth-order valence-electron chi connectivity index (χ4n) is 1.56. The van der Waals surface area contributed by atoms with Gasteiger partial charge in [0.25, 0.3) is 0 Å². The average Bonchev–Trinajstić information content (AvgIpc) is 2.76. The van der Waals surface area contributed by atoms with E-state index in [1.54, 1.807) is 13.2 Å². The van der Waals surface area contributed by atoms with Gasteiger partial charge in [-0.1, -0.05) is 0 Å². The molecule has 96 valence electrons. The summed E-state index contributed by atoms with van der Waals surface area (Å²) >= 11 is 0. The number of carboxylic acid groups (broad SMARTS) is 1. The number of hydrogen-bond donors (Lipinski definition) is 2. The van der Waals surface area contributed by atoms with E-state index in [-0.39, 0.29) is 5.76 Å². The standard InChI is InChI=1S/C12H19NO4/c1-16-7-4-2-3-6-13-9-10-5-8-17-11(10)12(14)15/h5,8,13H,2-4,6-7,9H2,1H3,(H,14,15). The highest BCUT2D eigenvalue weighted by Gasteiger charge is 2.12. The number of carboxylic acids is 1. The largest absolute Gasteiger partial charge is 0.475 e. The van der Waals surface area contributed by atoms with Gasteiger partial charge in [0.15, 0.2) is 0 Å². The van der Waals surface area contributed by atoms with Crippen LogP contribution in [-0.2, 0) is 11.3 Å². The predicted octanol–water partition coefficient (Wildman–Crippen LogP) is 1.88. The second-order valence-corrected chi connectivity index (χ2v) is 3.81. The molecule has 0 aromatic carbocycles. The van der Waals surface area contributed by atoms with E-state index in [0.29, 0.717) is 12.1 Å². The van der Waals surface area contributed by atoms with E-state index in [1.807, 2.05) is 0 Å². The van der Waals surface area contributed by atoms with E-state index in [1.165, 1.54) is 6.26 Å². The SMILES string of the molecule is COCCCCCNCc1ccoc1C(=O)O. The molecule has 0 fully saturated rings. The Labute approximate surface area is 101 Å². The van der Waals surface area contributed by atoms with Crippen LogP contribution in [0.2, 0.25) is 0 Å². The molecule has 0 radical (unpaired) electrons. The third kappa shape index (κ3) is 5.01. The summed E-state index contributed by atoms with van der Waals surface area (Å²) in [6, 6.07) is 1.68. The molecular weight excluding hydrogens is 222 g/mol. The molecule has 1 aromatic heterocycles. The van der Waals surface area contributed by atoms with Crippen molar-refractivity contribution >= 4 is 5.97 Å². The minimum absolute atomic E-state index is 0.0249. The fraction of sp³-hybridized carbons (Fsp3) is 0.583. The van der Waals surface area contributed by atoms with E-state index in [2.05, 4.69) is 5.32 Å². The molecule has 0 aliphatic heterocycles. The first-order valence-electron chi connectivity index (χ1n) is 5.75. The molecule has 0 bridgehead atoms. The zero-order valence-corrected chi connectivity index (χ0v) is 10.1. The first-order valence-corrected chi connectivity index (χ1v) is 5.75. The molecule has 0 unspecified atom stereocenters. The lowest BCUT2D eigenvalue weighted by Crippen LogP contribution is -2.16. The van der Waals surface area contributed by atoms with Crippen LogP contribution in [0.5, 0.6) is 0 Å². The van der Waals surface area contributed by atoms with Gasteiger partial charge in [-0.2, -0.15) is 0 Å². The van der Waals surface area contributed by atoms with Gasteiger partial charge < -0.3 is 19.6 Å². The molecule has 17 heavy (non-hydrogen) atoms. The van der Waals surface area contributed by atoms with Crippen LogP contribution in [0.15, 0.2) is 16.7 Å². The zero-order valence-electron chi connectivity index (χ0n) is 10.1. The molecule has 1 heterocycles. The first kappa shape index (κ1) is 13.7. The molecule has 5 heteroatoms. The third-order valence-electron chi connectivity index (χ3n) is 2.46. The van der Waals surface area contributed by atoms with Gasteiger partial charge in [-0.05, 0) is 31.9 Å². The monoisotopic (exact) mass is 241 g/mol.